The van der Waals surface area contributed by atoms with Crippen molar-refractivity contribution in [1.82, 2.24) is 0 Å². The van der Waals surface area contributed by atoms with Crippen molar-refractivity contribution >= 4 is 17.4 Å². The molecular formula is C21H17F3N2O2. The molecule has 3 aromatic carbocycles. The number of hydrogen-bond acceptors (Lipinski definition) is 2. The van der Waals surface area contributed by atoms with Crippen LogP contribution in [0.25, 0.3) is 0 Å². The van der Waals surface area contributed by atoms with Gasteiger partial charge in [-0.05, 0) is 49.4 Å². The minimum atomic E-state index is -4.55. The summed E-state index contributed by atoms with van der Waals surface area (Å²) in [4.78, 5) is 12.3. The number of hydrogen-bond donors (Lipinski definition) is 2. The number of rotatable bonds is 4. The summed E-state index contributed by atoms with van der Waals surface area (Å²) in [7, 11) is 0. The number of halogens is 3. The van der Waals surface area contributed by atoms with Gasteiger partial charge < -0.3 is 15.4 Å². The van der Waals surface area contributed by atoms with E-state index >= 15 is 0 Å². The third-order valence-electron chi connectivity index (χ3n) is 3.84. The smallest absolute Gasteiger partial charge is 0.416 e. The Balaban J connectivity index is 1.85. The van der Waals surface area contributed by atoms with Gasteiger partial charge in [-0.2, -0.15) is 13.2 Å². The molecule has 2 amide bonds. The minimum absolute atomic E-state index is 0.0942. The normalized spacial score (nSPS) is 11.0. The standard InChI is InChI=1S/C21H17F3N2O2/c1-14-7-10-16(11-8-14)25-20(27)26-18-13-15(21(22,23)24)9-12-19(18)28-17-5-3-2-4-6-17/h2-13H,1H3,(H2,25,26,27). The van der Waals surface area contributed by atoms with Gasteiger partial charge in [-0.3, -0.25) is 0 Å². The van der Waals surface area contributed by atoms with Gasteiger partial charge in [-0.25, -0.2) is 4.79 Å². The topological polar surface area (TPSA) is 50.4 Å². The van der Waals surface area contributed by atoms with E-state index in [2.05, 4.69) is 10.6 Å². The van der Waals surface area contributed by atoms with Gasteiger partial charge in [0.05, 0.1) is 11.3 Å². The van der Waals surface area contributed by atoms with E-state index in [4.69, 9.17) is 4.74 Å². The molecule has 2 N–H and O–H groups in total. The lowest BCUT2D eigenvalue weighted by Gasteiger charge is -2.15. The predicted molar refractivity (Wildman–Crippen MR) is 102 cm³/mol. The summed E-state index contributed by atoms with van der Waals surface area (Å²) >= 11 is 0. The third-order valence-corrected chi connectivity index (χ3v) is 3.84. The van der Waals surface area contributed by atoms with Gasteiger partial charge in [-0.15, -0.1) is 0 Å². The van der Waals surface area contributed by atoms with Crippen molar-refractivity contribution in [2.24, 2.45) is 0 Å². The van der Waals surface area contributed by atoms with Gasteiger partial charge in [0.25, 0.3) is 0 Å². The molecule has 0 aliphatic carbocycles. The first-order chi connectivity index (χ1) is 13.3. The summed E-state index contributed by atoms with van der Waals surface area (Å²) in [6.07, 6.45) is -4.55. The number of carbonyl (C=O) groups is 1. The number of nitrogens with one attached hydrogen (secondary N) is 2. The Morgan fingerprint density at radius 3 is 2.21 bits per heavy atom. The quantitative estimate of drug-likeness (QED) is 0.541. The number of ether oxygens (including phenoxy) is 1. The van der Waals surface area contributed by atoms with Crippen LogP contribution in [0.4, 0.5) is 29.3 Å². The van der Waals surface area contributed by atoms with E-state index in [0.29, 0.717) is 11.4 Å². The van der Waals surface area contributed by atoms with Crippen molar-refractivity contribution in [3.63, 3.8) is 0 Å². The lowest BCUT2D eigenvalue weighted by Crippen LogP contribution is -2.20. The van der Waals surface area contributed by atoms with Gasteiger partial charge in [0.1, 0.15) is 5.75 Å². The van der Waals surface area contributed by atoms with E-state index in [9.17, 15) is 18.0 Å². The predicted octanol–water partition coefficient (Wildman–Crippen LogP) is 6.45. The largest absolute Gasteiger partial charge is 0.455 e. The van der Waals surface area contributed by atoms with E-state index in [1.165, 1.54) is 6.07 Å². The second kappa shape index (κ2) is 8.04. The molecule has 0 aromatic heterocycles. The van der Waals surface area contributed by atoms with Gasteiger partial charge in [0.2, 0.25) is 0 Å². The summed E-state index contributed by atoms with van der Waals surface area (Å²) in [6, 6.07) is 17.8. The number of amides is 2. The highest BCUT2D eigenvalue weighted by atomic mass is 19.4. The molecule has 7 heteroatoms. The molecule has 0 spiro atoms. The number of benzene rings is 3. The van der Waals surface area contributed by atoms with Gasteiger partial charge >= 0.3 is 12.2 Å². The number of aryl methyl sites for hydroxylation is 1. The molecule has 4 nitrogen and oxygen atoms in total. The van der Waals surface area contributed by atoms with Crippen molar-refractivity contribution < 1.29 is 22.7 Å². The molecule has 0 bridgehead atoms. The molecule has 0 radical (unpaired) electrons. The Kier molecular flexibility index (Phi) is 5.54. The second-order valence-electron chi connectivity index (χ2n) is 6.07. The van der Waals surface area contributed by atoms with Crippen LogP contribution in [0.1, 0.15) is 11.1 Å². The van der Waals surface area contributed by atoms with Gasteiger partial charge in [-0.1, -0.05) is 35.9 Å². The molecule has 3 aromatic rings. The Bertz CT molecular complexity index is 956. The highest BCUT2D eigenvalue weighted by Crippen LogP contribution is 2.36. The Morgan fingerprint density at radius 2 is 1.57 bits per heavy atom. The van der Waals surface area contributed by atoms with Crippen molar-refractivity contribution in [2.45, 2.75) is 13.1 Å². The maximum absolute atomic E-state index is 13.1. The molecule has 3 rings (SSSR count). The zero-order chi connectivity index (χ0) is 20.1. The van der Waals surface area contributed by atoms with Crippen LogP contribution in [-0.4, -0.2) is 6.03 Å². The molecule has 0 heterocycles. The fraction of sp³-hybridized carbons (Fsp3) is 0.0952. The van der Waals surface area contributed by atoms with E-state index in [1.54, 1.807) is 42.5 Å². The Morgan fingerprint density at radius 1 is 0.893 bits per heavy atom. The van der Waals surface area contributed by atoms with Crippen molar-refractivity contribution in [3.8, 4) is 11.5 Å². The molecular weight excluding hydrogens is 369 g/mol. The van der Waals surface area contributed by atoms with Gasteiger partial charge in [0, 0.05) is 5.69 Å². The summed E-state index contributed by atoms with van der Waals surface area (Å²) in [5, 5.41) is 5.01. The van der Waals surface area contributed by atoms with E-state index in [0.717, 1.165) is 17.7 Å². The second-order valence-corrected chi connectivity index (χ2v) is 6.07. The molecule has 144 valence electrons. The van der Waals surface area contributed by atoms with Crippen LogP contribution in [0.3, 0.4) is 0 Å². The highest BCUT2D eigenvalue weighted by Gasteiger charge is 2.31. The molecule has 0 unspecified atom stereocenters. The Labute approximate surface area is 160 Å². The summed E-state index contributed by atoms with van der Waals surface area (Å²) in [5.74, 6) is 0.530. The van der Waals surface area contributed by atoms with Crippen molar-refractivity contribution in [3.05, 3.63) is 83.9 Å². The van der Waals surface area contributed by atoms with Crippen LogP contribution in [0, 0.1) is 6.92 Å². The molecule has 0 saturated heterocycles. The van der Waals surface area contributed by atoms with E-state index < -0.39 is 17.8 Å². The molecule has 0 fully saturated rings. The molecule has 0 aliphatic rings. The van der Waals surface area contributed by atoms with Crippen molar-refractivity contribution in [1.29, 1.82) is 0 Å². The lowest BCUT2D eigenvalue weighted by molar-refractivity contribution is -0.137. The molecule has 0 atom stereocenters. The molecule has 28 heavy (non-hydrogen) atoms. The minimum Gasteiger partial charge on any atom is -0.455 e. The first kappa shape index (κ1) is 19.3. The van der Waals surface area contributed by atoms with Crippen LogP contribution < -0.4 is 15.4 Å². The van der Waals surface area contributed by atoms with Crippen LogP contribution in [0.2, 0.25) is 0 Å². The van der Waals surface area contributed by atoms with Crippen LogP contribution in [0.15, 0.2) is 72.8 Å². The number of alkyl halides is 3. The van der Waals surface area contributed by atoms with Crippen molar-refractivity contribution in [2.75, 3.05) is 10.6 Å². The van der Waals surface area contributed by atoms with Gasteiger partial charge in [0.15, 0.2) is 5.75 Å². The first-order valence-corrected chi connectivity index (χ1v) is 8.40. The lowest BCUT2D eigenvalue weighted by atomic mass is 10.1. The number of para-hydroxylation sites is 1. The summed E-state index contributed by atoms with van der Waals surface area (Å²) < 4.78 is 44.9. The first-order valence-electron chi connectivity index (χ1n) is 8.40. The summed E-state index contributed by atoms with van der Waals surface area (Å²) in [6.45, 7) is 1.90. The fourth-order valence-corrected chi connectivity index (χ4v) is 2.43. The van der Waals surface area contributed by atoms with Crippen LogP contribution in [-0.2, 0) is 6.18 Å². The fourth-order valence-electron chi connectivity index (χ4n) is 2.43. The summed E-state index contributed by atoms with van der Waals surface area (Å²) in [5.41, 5.74) is 0.546. The number of urea groups is 1. The van der Waals surface area contributed by atoms with E-state index in [1.807, 2.05) is 19.1 Å². The maximum Gasteiger partial charge on any atom is 0.416 e. The molecule has 0 aliphatic heterocycles. The monoisotopic (exact) mass is 386 g/mol. The zero-order valence-corrected chi connectivity index (χ0v) is 14.9. The van der Waals surface area contributed by atoms with E-state index in [-0.39, 0.29) is 11.4 Å². The average Bonchev–Trinajstić information content (AvgIpc) is 2.65. The SMILES string of the molecule is Cc1ccc(NC(=O)Nc2cc(C(F)(F)F)ccc2Oc2ccccc2)cc1. The van der Waals surface area contributed by atoms with Crippen LogP contribution in [0.5, 0.6) is 11.5 Å². The number of anilines is 2. The highest BCUT2D eigenvalue weighted by molar-refractivity contribution is 6.00. The van der Waals surface area contributed by atoms with Crippen LogP contribution >= 0.6 is 0 Å². The molecule has 0 saturated carbocycles. The third kappa shape index (κ3) is 5.03. The maximum atomic E-state index is 13.1. The Hall–Kier alpha value is -3.48. The number of carbonyl (C=O) groups excluding carboxylic acids is 1. The zero-order valence-electron chi connectivity index (χ0n) is 14.9. The average molecular weight is 386 g/mol.